The molecule has 88 valence electrons. The zero-order valence-electron chi connectivity index (χ0n) is 9.44. The molecule has 1 rings (SSSR count). The summed E-state index contributed by atoms with van der Waals surface area (Å²) in [6.45, 7) is 0.836. The summed E-state index contributed by atoms with van der Waals surface area (Å²) in [6.07, 6.45) is 0. The van der Waals surface area contributed by atoms with Gasteiger partial charge in [-0.25, -0.2) is 0 Å². The van der Waals surface area contributed by atoms with Crippen molar-refractivity contribution >= 4 is 17.7 Å². The van der Waals surface area contributed by atoms with Gasteiger partial charge < -0.3 is 10.1 Å². The normalized spacial score (nSPS) is 10.1. The van der Waals surface area contributed by atoms with Crippen LogP contribution in [0.1, 0.15) is 5.56 Å². The maximum absolute atomic E-state index is 11.0. The molecule has 0 unspecified atom stereocenters. The maximum Gasteiger partial charge on any atom is 0.246 e. The predicted octanol–water partition coefficient (Wildman–Crippen LogP) is 1.68. The van der Waals surface area contributed by atoms with E-state index in [0.29, 0.717) is 6.54 Å². The first kappa shape index (κ1) is 13.1. The van der Waals surface area contributed by atoms with Gasteiger partial charge in [-0.15, -0.1) is 0 Å². The summed E-state index contributed by atoms with van der Waals surface area (Å²) in [5.74, 6) is 1.86. The van der Waals surface area contributed by atoms with Crippen LogP contribution < -0.4 is 5.32 Å². The second-order valence-corrected chi connectivity index (χ2v) is 4.43. The Morgan fingerprint density at radius 2 is 2.12 bits per heavy atom. The lowest BCUT2D eigenvalue weighted by molar-refractivity contribution is -0.124. The predicted molar refractivity (Wildman–Crippen MR) is 67.5 cm³/mol. The number of carbonyl (C=O) groups is 1. The van der Waals surface area contributed by atoms with Crippen molar-refractivity contribution in [2.45, 2.75) is 5.75 Å². The average Bonchev–Trinajstić information content (AvgIpc) is 2.30. The Balaban J connectivity index is 2.02. The van der Waals surface area contributed by atoms with Crippen LogP contribution in [0.4, 0.5) is 0 Å². The monoisotopic (exact) mass is 239 g/mol. The molecule has 0 radical (unpaired) electrons. The Bertz CT molecular complexity index is 303. The number of rotatable bonds is 7. The number of hydrogen-bond donors (Lipinski definition) is 1. The van der Waals surface area contributed by atoms with Crippen molar-refractivity contribution in [2.75, 3.05) is 26.0 Å². The summed E-state index contributed by atoms with van der Waals surface area (Å²) >= 11 is 1.81. The minimum atomic E-state index is -0.0530. The SMILES string of the molecule is COCC(=O)NCCSCc1ccccc1. The van der Waals surface area contributed by atoms with E-state index >= 15 is 0 Å². The van der Waals surface area contributed by atoms with Gasteiger partial charge in [-0.3, -0.25) is 4.79 Å². The summed E-state index contributed by atoms with van der Waals surface area (Å²) in [4.78, 5) is 11.0. The van der Waals surface area contributed by atoms with E-state index in [-0.39, 0.29) is 12.5 Å². The molecule has 1 aromatic carbocycles. The summed E-state index contributed by atoms with van der Waals surface area (Å²) in [6, 6.07) is 10.3. The zero-order valence-corrected chi connectivity index (χ0v) is 10.3. The minimum absolute atomic E-state index is 0.0530. The molecule has 0 aromatic heterocycles. The van der Waals surface area contributed by atoms with Crippen LogP contribution in [0.15, 0.2) is 30.3 Å². The lowest BCUT2D eigenvalue weighted by Crippen LogP contribution is -2.29. The van der Waals surface area contributed by atoms with Gasteiger partial charge in [0.25, 0.3) is 0 Å². The molecule has 4 heteroatoms. The van der Waals surface area contributed by atoms with Gasteiger partial charge in [0.1, 0.15) is 6.61 Å². The van der Waals surface area contributed by atoms with Gasteiger partial charge in [-0.05, 0) is 5.56 Å². The largest absolute Gasteiger partial charge is 0.375 e. The van der Waals surface area contributed by atoms with E-state index < -0.39 is 0 Å². The van der Waals surface area contributed by atoms with Gasteiger partial charge in [0, 0.05) is 25.2 Å². The molecular formula is C12H17NO2S. The first-order valence-electron chi connectivity index (χ1n) is 5.20. The molecule has 0 spiro atoms. The molecule has 0 aliphatic heterocycles. The minimum Gasteiger partial charge on any atom is -0.375 e. The standard InChI is InChI=1S/C12H17NO2S/c1-15-9-12(14)13-7-8-16-10-11-5-3-2-4-6-11/h2-6H,7-10H2,1H3,(H,13,14). The van der Waals surface area contributed by atoms with Crippen LogP contribution in [0.2, 0.25) is 0 Å². The second kappa shape index (κ2) is 8.19. The highest BCUT2D eigenvalue weighted by molar-refractivity contribution is 7.98. The molecule has 0 saturated heterocycles. The molecule has 0 saturated carbocycles. The van der Waals surface area contributed by atoms with Crippen molar-refractivity contribution in [1.82, 2.24) is 5.32 Å². The molecule has 1 aromatic rings. The fourth-order valence-corrected chi connectivity index (χ4v) is 2.03. The Morgan fingerprint density at radius 3 is 2.81 bits per heavy atom. The zero-order chi connectivity index (χ0) is 11.6. The molecule has 0 heterocycles. The Hall–Kier alpha value is -1.00. The molecule has 0 atom stereocenters. The number of nitrogens with one attached hydrogen (secondary N) is 1. The van der Waals surface area contributed by atoms with Crippen LogP contribution in [0.3, 0.4) is 0 Å². The molecule has 1 amide bonds. The third-order valence-electron chi connectivity index (χ3n) is 1.96. The highest BCUT2D eigenvalue weighted by Gasteiger charge is 1.98. The third-order valence-corrected chi connectivity index (χ3v) is 2.99. The van der Waals surface area contributed by atoms with Gasteiger partial charge >= 0.3 is 0 Å². The quantitative estimate of drug-likeness (QED) is 0.736. The van der Waals surface area contributed by atoms with Gasteiger partial charge in [-0.1, -0.05) is 30.3 Å². The lowest BCUT2D eigenvalue weighted by Gasteiger charge is -2.04. The topological polar surface area (TPSA) is 38.3 Å². The van der Waals surface area contributed by atoms with E-state index in [1.807, 2.05) is 30.0 Å². The molecule has 0 fully saturated rings. The van der Waals surface area contributed by atoms with Crippen molar-refractivity contribution in [1.29, 1.82) is 0 Å². The number of thioether (sulfide) groups is 1. The van der Waals surface area contributed by atoms with Crippen molar-refractivity contribution < 1.29 is 9.53 Å². The first-order chi connectivity index (χ1) is 7.83. The van der Waals surface area contributed by atoms with Gasteiger partial charge in [-0.2, -0.15) is 11.8 Å². The van der Waals surface area contributed by atoms with E-state index in [0.717, 1.165) is 11.5 Å². The molecule has 0 aliphatic carbocycles. The molecule has 0 bridgehead atoms. The van der Waals surface area contributed by atoms with Gasteiger partial charge in [0.2, 0.25) is 5.91 Å². The van der Waals surface area contributed by atoms with Crippen LogP contribution >= 0.6 is 11.8 Å². The van der Waals surface area contributed by atoms with Crippen molar-refractivity contribution in [3.63, 3.8) is 0 Å². The van der Waals surface area contributed by atoms with Crippen LogP contribution in [0.25, 0.3) is 0 Å². The van der Waals surface area contributed by atoms with E-state index in [2.05, 4.69) is 17.4 Å². The number of ether oxygens (including phenoxy) is 1. The summed E-state index contributed by atoms with van der Waals surface area (Å²) < 4.78 is 4.71. The highest BCUT2D eigenvalue weighted by atomic mass is 32.2. The van der Waals surface area contributed by atoms with Gasteiger partial charge in [0.15, 0.2) is 0 Å². The highest BCUT2D eigenvalue weighted by Crippen LogP contribution is 2.10. The van der Waals surface area contributed by atoms with E-state index in [1.54, 1.807) is 0 Å². The van der Waals surface area contributed by atoms with Gasteiger partial charge in [0.05, 0.1) is 0 Å². The molecular weight excluding hydrogens is 222 g/mol. The Labute approximate surface area is 101 Å². The number of benzene rings is 1. The molecule has 3 nitrogen and oxygen atoms in total. The molecule has 0 aliphatic rings. The summed E-state index contributed by atoms with van der Waals surface area (Å²) in [5.41, 5.74) is 1.32. The van der Waals surface area contributed by atoms with Crippen LogP contribution in [-0.4, -0.2) is 31.9 Å². The van der Waals surface area contributed by atoms with Crippen molar-refractivity contribution in [2.24, 2.45) is 0 Å². The lowest BCUT2D eigenvalue weighted by atomic mass is 10.2. The Morgan fingerprint density at radius 1 is 1.38 bits per heavy atom. The van der Waals surface area contributed by atoms with E-state index in [4.69, 9.17) is 4.74 Å². The number of carbonyl (C=O) groups excluding carboxylic acids is 1. The third kappa shape index (κ3) is 5.78. The summed E-state index contributed by atoms with van der Waals surface area (Å²) in [5, 5.41) is 2.79. The first-order valence-corrected chi connectivity index (χ1v) is 6.35. The van der Waals surface area contributed by atoms with Crippen molar-refractivity contribution in [3.8, 4) is 0 Å². The average molecular weight is 239 g/mol. The maximum atomic E-state index is 11.0. The number of methoxy groups -OCH3 is 1. The molecule has 1 N–H and O–H groups in total. The van der Waals surface area contributed by atoms with Crippen LogP contribution in [0, 0.1) is 0 Å². The van der Waals surface area contributed by atoms with Crippen molar-refractivity contribution in [3.05, 3.63) is 35.9 Å². The van der Waals surface area contributed by atoms with Crippen LogP contribution in [-0.2, 0) is 15.3 Å². The molecule has 16 heavy (non-hydrogen) atoms. The van der Waals surface area contributed by atoms with E-state index in [1.165, 1.54) is 12.7 Å². The second-order valence-electron chi connectivity index (χ2n) is 3.32. The van der Waals surface area contributed by atoms with Crippen LogP contribution in [0.5, 0.6) is 0 Å². The smallest absolute Gasteiger partial charge is 0.246 e. The number of hydrogen-bond acceptors (Lipinski definition) is 3. The van der Waals surface area contributed by atoms with E-state index in [9.17, 15) is 4.79 Å². The number of amides is 1. The Kier molecular flexibility index (Phi) is 6.69. The fraction of sp³-hybridized carbons (Fsp3) is 0.417. The fourth-order valence-electron chi connectivity index (χ4n) is 1.21. The summed E-state index contributed by atoms with van der Waals surface area (Å²) in [7, 11) is 1.52.